The molecule has 2 aromatic heterocycles. The van der Waals surface area contributed by atoms with Gasteiger partial charge >= 0.3 is 5.97 Å². The van der Waals surface area contributed by atoms with E-state index in [4.69, 9.17) is 14.5 Å². The number of nitrogens with zero attached hydrogens (tertiary/aromatic N) is 4. The van der Waals surface area contributed by atoms with E-state index < -0.39 is 5.97 Å². The first-order valence-corrected chi connectivity index (χ1v) is 12.0. The number of aromatic nitrogens is 4. The molecule has 8 nitrogen and oxygen atoms in total. The maximum atomic E-state index is 11.4. The van der Waals surface area contributed by atoms with E-state index in [1.807, 2.05) is 19.2 Å². The van der Waals surface area contributed by atoms with E-state index in [9.17, 15) is 9.90 Å². The first kappa shape index (κ1) is 21.4. The predicted molar refractivity (Wildman–Crippen MR) is 117 cm³/mol. The minimum Gasteiger partial charge on any atom is -0.488 e. The second-order valence-corrected chi connectivity index (χ2v) is 9.59. The Hall–Kier alpha value is -2.48. The number of aliphatic carboxylic acids is 1. The minimum atomic E-state index is -0.719. The third-order valence-electron chi connectivity index (χ3n) is 6.91. The van der Waals surface area contributed by atoms with Gasteiger partial charge in [-0.3, -0.25) is 4.79 Å². The number of aryl methyl sites for hydroxylation is 1. The molecule has 0 radical (unpaired) electrons. The van der Waals surface area contributed by atoms with Gasteiger partial charge in [0.25, 0.3) is 0 Å². The van der Waals surface area contributed by atoms with Crippen LogP contribution in [0, 0.1) is 11.8 Å². The first-order chi connectivity index (χ1) is 15.6. The van der Waals surface area contributed by atoms with Gasteiger partial charge in [0.15, 0.2) is 0 Å². The van der Waals surface area contributed by atoms with Crippen molar-refractivity contribution < 1.29 is 19.4 Å². The lowest BCUT2D eigenvalue weighted by Gasteiger charge is -2.28. The highest BCUT2D eigenvalue weighted by atomic mass is 16.5. The summed E-state index contributed by atoms with van der Waals surface area (Å²) >= 11 is 0. The van der Waals surface area contributed by atoms with E-state index in [0.29, 0.717) is 18.9 Å². The largest absolute Gasteiger partial charge is 0.488 e. The Kier molecular flexibility index (Phi) is 6.13. The van der Waals surface area contributed by atoms with Crippen LogP contribution in [0.3, 0.4) is 0 Å². The SMILES string of the molecule is Cn1nnc(-c2ccc(OC3CCCC(C(=O)O)C3)c(C3CC3)n2)c1COCCC1CC1. The van der Waals surface area contributed by atoms with Crippen LogP contribution in [-0.4, -0.2) is 43.8 Å². The van der Waals surface area contributed by atoms with E-state index in [-0.39, 0.29) is 12.0 Å². The summed E-state index contributed by atoms with van der Waals surface area (Å²) in [6.07, 6.45) is 9.01. The fourth-order valence-electron chi connectivity index (χ4n) is 4.56. The summed E-state index contributed by atoms with van der Waals surface area (Å²) in [5.74, 6) is 1.01. The van der Waals surface area contributed by atoms with Crippen molar-refractivity contribution in [2.24, 2.45) is 18.9 Å². The molecule has 2 heterocycles. The molecule has 3 saturated carbocycles. The van der Waals surface area contributed by atoms with Crippen LogP contribution in [0.15, 0.2) is 12.1 Å². The zero-order valence-electron chi connectivity index (χ0n) is 18.7. The van der Waals surface area contributed by atoms with Gasteiger partial charge in [-0.05, 0) is 63.0 Å². The van der Waals surface area contributed by atoms with Crippen molar-refractivity contribution >= 4 is 5.97 Å². The quantitative estimate of drug-likeness (QED) is 0.555. The molecule has 0 aromatic carbocycles. The number of carboxylic acids is 1. The molecule has 0 bridgehead atoms. The number of carbonyl (C=O) groups is 1. The van der Waals surface area contributed by atoms with Gasteiger partial charge in [0.05, 0.1) is 35.7 Å². The molecule has 0 spiro atoms. The fourth-order valence-corrected chi connectivity index (χ4v) is 4.56. The summed E-state index contributed by atoms with van der Waals surface area (Å²) in [6, 6.07) is 3.92. The third kappa shape index (κ3) is 4.95. The minimum absolute atomic E-state index is 0.0676. The highest BCUT2D eigenvalue weighted by molar-refractivity contribution is 5.70. The molecule has 3 fully saturated rings. The fraction of sp³-hybridized carbons (Fsp3) is 0.667. The molecule has 32 heavy (non-hydrogen) atoms. The number of carboxylic acid groups (broad SMARTS) is 1. The number of hydrogen-bond acceptors (Lipinski definition) is 6. The normalized spacial score (nSPS) is 23.3. The van der Waals surface area contributed by atoms with Crippen molar-refractivity contribution in [3.63, 3.8) is 0 Å². The maximum absolute atomic E-state index is 11.4. The molecule has 2 aromatic rings. The molecule has 0 amide bonds. The summed E-state index contributed by atoms with van der Waals surface area (Å²) in [5, 5.41) is 18.0. The number of pyridine rings is 1. The number of ether oxygens (including phenoxy) is 2. The molecule has 5 rings (SSSR count). The van der Waals surface area contributed by atoms with Gasteiger partial charge in [-0.25, -0.2) is 9.67 Å². The lowest BCUT2D eigenvalue weighted by atomic mass is 9.87. The van der Waals surface area contributed by atoms with Gasteiger partial charge < -0.3 is 14.6 Å². The molecule has 8 heteroatoms. The summed E-state index contributed by atoms with van der Waals surface area (Å²) in [6.45, 7) is 1.24. The maximum Gasteiger partial charge on any atom is 0.306 e. The lowest BCUT2D eigenvalue weighted by Crippen LogP contribution is -2.29. The monoisotopic (exact) mass is 440 g/mol. The summed E-state index contributed by atoms with van der Waals surface area (Å²) in [4.78, 5) is 16.4. The summed E-state index contributed by atoms with van der Waals surface area (Å²) < 4.78 is 14.0. The zero-order chi connectivity index (χ0) is 22.1. The van der Waals surface area contributed by atoms with E-state index in [0.717, 1.165) is 79.6 Å². The average molecular weight is 441 g/mol. The standard InChI is InChI=1S/C24H32N4O4/c1-28-20(14-31-12-11-15-5-6-15)23(26-27-28)19-9-10-21(22(25-19)16-7-8-16)32-18-4-2-3-17(13-18)24(29)30/h9-10,15-18H,2-8,11-14H2,1H3,(H,29,30). The Balaban J connectivity index is 1.32. The van der Waals surface area contributed by atoms with Gasteiger partial charge in [-0.1, -0.05) is 18.1 Å². The molecule has 3 aliphatic rings. The molecule has 172 valence electrons. The molecule has 1 N–H and O–H groups in total. The van der Waals surface area contributed by atoms with E-state index in [2.05, 4.69) is 10.3 Å². The highest BCUT2D eigenvalue weighted by Gasteiger charge is 2.33. The van der Waals surface area contributed by atoms with Crippen molar-refractivity contribution in [1.29, 1.82) is 0 Å². The Morgan fingerprint density at radius 1 is 1.19 bits per heavy atom. The van der Waals surface area contributed by atoms with Crippen LogP contribution in [0.4, 0.5) is 0 Å². The van der Waals surface area contributed by atoms with Crippen LogP contribution in [0.5, 0.6) is 5.75 Å². The van der Waals surface area contributed by atoms with Crippen molar-refractivity contribution in [2.45, 2.75) is 76.4 Å². The average Bonchev–Trinajstić information content (AvgIpc) is 3.71. The van der Waals surface area contributed by atoms with Gasteiger partial charge in [-0.15, -0.1) is 5.10 Å². The molecular weight excluding hydrogens is 408 g/mol. The van der Waals surface area contributed by atoms with Crippen LogP contribution in [0.2, 0.25) is 0 Å². The van der Waals surface area contributed by atoms with Gasteiger partial charge in [0.1, 0.15) is 11.4 Å². The highest BCUT2D eigenvalue weighted by Crippen LogP contribution is 2.45. The Bertz CT molecular complexity index is 967. The van der Waals surface area contributed by atoms with Crippen molar-refractivity contribution in [1.82, 2.24) is 20.0 Å². The zero-order valence-corrected chi connectivity index (χ0v) is 18.7. The molecule has 0 saturated heterocycles. The molecule has 2 atom stereocenters. The molecular formula is C24H32N4O4. The van der Waals surface area contributed by atoms with E-state index in [1.54, 1.807) is 4.68 Å². The molecule has 3 aliphatic carbocycles. The van der Waals surface area contributed by atoms with Crippen LogP contribution < -0.4 is 4.74 Å². The topological polar surface area (TPSA) is 99.4 Å². The second-order valence-electron chi connectivity index (χ2n) is 9.59. The lowest BCUT2D eigenvalue weighted by molar-refractivity contribution is -0.143. The number of hydrogen-bond donors (Lipinski definition) is 1. The molecule has 2 unspecified atom stereocenters. The van der Waals surface area contributed by atoms with Gasteiger partial charge in [0, 0.05) is 19.6 Å². The predicted octanol–water partition coefficient (Wildman–Crippen LogP) is 4.09. The Morgan fingerprint density at radius 2 is 2.03 bits per heavy atom. The number of rotatable bonds is 10. The van der Waals surface area contributed by atoms with Gasteiger partial charge in [0.2, 0.25) is 0 Å². The van der Waals surface area contributed by atoms with Crippen molar-refractivity contribution in [3.8, 4) is 17.1 Å². The third-order valence-corrected chi connectivity index (χ3v) is 6.91. The van der Waals surface area contributed by atoms with Crippen molar-refractivity contribution in [3.05, 3.63) is 23.5 Å². The Labute approximate surface area is 188 Å². The van der Waals surface area contributed by atoms with Crippen LogP contribution in [0.1, 0.15) is 75.1 Å². The van der Waals surface area contributed by atoms with E-state index in [1.165, 1.54) is 12.8 Å². The van der Waals surface area contributed by atoms with Crippen molar-refractivity contribution in [2.75, 3.05) is 6.61 Å². The summed E-state index contributed by atoms with van der Waals surface area (Å²) in [7, 11) is 1.89. The Morgan fingerprint density at radius 3 is 2.78 bits per heavy atom. The second kappa shape index (κ2) is 9.17. The summed E-state index contributed by atoms with van der Waals surface area (Å²) in [5.41, 5.74) is 3.45. The van der Waals surface area contributed by atoms with Crippen LogP contribution >= 0.6 is 0 Å². The molecule has 0 aliphatic heterocycles. The van der Waals surface area contributed by atoms with Crippen LogP contribution in [0.25, 0.3) is 11.4 Å². The smallest absolute Gasteiger partial charge is 0.306 e. The van der Waals surface area contributed by atoms with E-state index >= 15 is 0 Å². The van der Waals surface area contributed by atoms with Crippen LogP contribution in [-0.2, 0) is 23.2 Å². The first-order valence-electron chi connectivity index (χ1n) is 12.0. The van der Waals surface area contributed by atoms with Gasteiger partial charge in [-0.2, -0.15) is 0 Å².